The molecule has 0 aliphatic rings. The molecule has 1 radical (unpaired) electrons. The van der Waals surface area contributed by atoms with Gasteiger partial charge in [0, 0.05) is 7.05 Å². The van der Waals surface area contributed by atoms with Crippen molar-refractivity contribution < 1.29 is 24.3 Å². The van der Waals surface area contributed by atoms with E-state index >= 15 is 0 Å². The fourth-order valence-corrected chi connectivity index (χ4v) is 0.301. The molecule has 0 aromatic carbocycles. The number of hydrogen-bond donors (Lipinski definition) is 2. The first kappa shape index (κ1) is 11.7. The van der Waals surface area contributed by atoms with Crippen molar-refractivity contribution >= 4 is 5.91 Å². The molecule has 0 spiro atoms. The Kier molecular flexibility index (Phi) is 7.86. The number of hydrogen-bond acceptors (Lipinski definition) is 2. The third-order valence-corrected chi connectivity index (χ3v) is 0.943. The molecule has 55 valence electrons. The topological polar surface area (TPSA) is 41.1 Å². The van der Waals surface area contributed by atoms with Gasteiger partial charge in [-0.1, -0.05) is 0 Å². The van der Waals surface area contributed by atoms with Crippen LogP contribution in [-0.4, -0.2) is 20.0 Å². The fraction of sp³-hybridized carbons (Fsp3) is 0.600. The molecule has 0 aliphatic heterocycles. The summed E-state index contributed by atoms with van der Waals surface area (Å²) >= 11 is 0. The van der Waals surface area contributed by atoms with E-state index in [9.17, 15) is 4.79 Å². The van der Waals surface area contributed by atoms with E-state index in [2.05, 4.69) is 10.6 Å². The molecule has 2 N–H and O–H groups in total. The fourth-order valence-electron chi connectivity index (χ4n) is 0.301. The van der Waals surface area contributed by atoms with Crippen LogP contribution in [0.1, 0.15) is 6.92 Å². The second-order valence-corrected chi connectivity index (χ2v) is 1.45. The largest absolute Gasteiger partial charge is 1.00 e. The van der Waals surface area contributed by atoms with Crippen LogP contribution in [0.2, 0.25) is 0 Å². The van der Waals surface area contributed by atoms with E-state index in [1.54, 1.807) is 21.0 Å². The summed E-state index contributed by atoms with van der Waals surface area (Å²) in [5.74, 6) is -0.0625. The number of nitrogens with one attached hydrogen (secondary N) is 2. The third kappa shape index (κ3) is 4.43. The second-order valence-electron chi connectivity index (χ2n) is 1.45. The van der Waals surface area contributed by atoms with Crippen molar-refractivity contribution in [3.8, 4) is 0 Å². The first-order valence-corrected chi connectivity index (χ1v) is 2.45. The molecule has 0 aromatic heterocycles. The van der Waals surface area contributed by atoms with Crippen molar-refractivity contribution in [3.05, 3.63) is 6.04 Å². The maximum atomic E-state index is 10.5. The predicted octanol–water partition coefficient (Wildman–Crippen LogP) is -0.499. The number of amides is 1. The summed E-state index contributed by atoms with van der Waals surface area (Å²) in [4.78, 5) is 10.5. The molecule has 1 amide bonds. The van der Waals surface area contributed by atoms with E-state index in [1.807, 2.05) is 0 Å². The molecule has 0 fully saturated rings. The Morgan fingerprint density at radius 3 is 2.00 bits per heavy atom. The molecule has 0 aliphatic carbocycles. The van der Waals surface area contributed by atoms with Crippen molar-refractivity contribution in [1.29, 1.82) is 0 Å². The normalized spacial score (nSPS) is 7.44. The molecular weight excluding hydrogens is 205 g/mol. The zero-order chi connectivity index (χ0) is 6.57. The van der Waals surface area contributed by atoms with E-state index in [4.69, 9.17) is 0 Å². The van der Waals surface area contributed by atoms with Crippen LogP contribution < -0.4 is 10.6 Å². The van der Waals surface area contributed by atoms with Crippen molar-refractivity contribution in [3.63, 3.8) is 0 Å². The van der Waals surface area contributed by atoms with Crippen molar-refractivity contribution in [2.75, 3.05) is 14.1 Å². The van der Waals surface area contributed by atoms with Gasteiger partial charge in [-0.05, 0) is 7.05 Å². The number of carbonyl (C=O) groups excluding carboxylic acids is 1. The Balaban J connectivity index is 0. The second kappa shape index (κ2) is 6.05. The van der Waals surface area contributed by atoms with Gasteiger partial charge in [-0.3, -0.25) is 0 Å². The van der Waals surface area contributed by atoms with Gasteiger partial charge in [-0.15, -0.1) is 0 Å². The van der Waals surface area contributed by atoms with Crippen LogP contribution in [0.3, 0.4) is 0 Å². The van der Waals surface area contributed by atoms with Crippen LogP contribution >= 0.6 is 0 Å². The average Bonchev–Trinajstić information content (AvgIpc) is 1.84. The maximum Gasteiger partial charge on any atom is 1.00 e. The first-order chi connectivity index (χ1) is 3.72. The van der Waals surface area contributed by atoms with E-state index in [0.717, 1.165) is 0 Å². The summed E-state index contributed by atoms with van der Waals surface area (Å²) in [6, 6.07) is 0.632. The molecule has 3 nitrogen and oxygen atoms in total. The Bertz CT molecular complexity index is 87.0. The average molecular weight is 216 g/mol. The standard InChI is InChI=1S/C5H11N2O.Ru/c1-4(6-2)5(8)7-3;/h6H,1-3H3,(H,7,8);/q-1;+1. The number of likely N-dealkylation sites (N-methyl/N-ethyl adjacent to an activating group) is 2. The van der Waals surface area contributed by atoms with Gasteiger partial charge in [0.1, 0.15) is 0 Å². The summed E-state index contributed by atoms with van der Waals surface area (Å²) in [5.41, 5.74) is 0. The van der Waals surface area contributed by atoms with E-state index < -0.39 is 0 Å². The monoisotopic (exact) mass is 217 g/mol. The minimum absolute atomic E-state index is 0. The van der Waals surface area contributed by atoms with Gasteiger partial charge < -0.3 is 15.4 Å². The summed E-state index contributed by atoms with van der Waals surface area (Å²) in [5, 5.41) is 5.20. The van der Waals surface area contributed by atoms with Crippen molar-refractivity contribution in [2.45, 2.75) is 6.92 Å². The van der Waals surface area contributed by atoms with Gasteiger partial charge in [-0.25, -0.2) is 6.04 Å². The Labute approximate surface area is 68.3 Å². The maximum absolute atomic E-state index is 10.5. The molecule has 0 unspecified atom stereocenters. The van der Waals surface area contributed by atoms with Gasteiger partial charge in [0.15, 0.2) is 0 Å². The summed E-state index contributed by atoms with van der Waals surface area (Å²) in [6.45, 7) is 1.72. The van der Waals surface area contributed by atoms with Crippen molar-refractivity contribution in [2.24, 2.45) is 0 Å². The van der Waals surface area contributed by atoms with Gasteiger partial charge in [0.2, 0.25) is 0 Å². The van der Waals surface area contributed by atoms with Crippen LogP contribution in [0.25, 0.3) is 0 Å². The molecule has 0 saturated heterocycles. The molecule has 0 heterocycles. The van der Waals surface area contributed by atoms with E-state index in [-0.39, 0.29) is 25.4 Å². The van der Waals surface area contributed by atoms with Gasteiger partial charge in [0.25, 0.3) is 0 Å². The minimum atomic E-state index is -0.0625. The van der Waals surface area contributed by atoms with Crippen LogP contribution in [0, 0.1) is 6.04 Å². The molecule has 0 saturated carbocycles. The molecular formula is C5H11N2ORu. The molecule has 0 atom stereocenters. The van der Waals surface area contributed by atoms with Crippen LogP contribution in [0.4, 0.5) is 0 Å². The van der Waals surface area contributed by atoms with Crippen LogP contribution in [0.15, 0.2) is 0 Å². The van der Waals surface area contributed by atoms with Gasteiger partial charge in [-0.2, -0.15) is 6.92 Å². The van der Waals surface area contributed by atoms with Crippen LogP contribution in [0.5, 0.6) is 0 Å². The summed E-state index contributed by atoms with van der Waals surface area (Å²) in [7, 11) is 3.31. The summed E-state index contributed by atoms with van der Waals surface area (Å²) in [6.07, 6.45) is 0. The van der Waals surface area contributed by atoms with E-state index in [0.29, 0.717) is 6.04 Å². The third-order valence-electron chi connectivity index (χ3n) is 0.943. The Hall–Kier alpha value is -0.0766. The first-order valence-electron chi connectivity index (χ1n) is 2.45. The molecule has 0 bridgehead atoms. The quantitative estimate of drug-likeness (QED) is 0.482. The van der Waals surface area contributed by atoms with Gasteiger partial charge >= 0.3 is 19.5 Å². The smallest absolute Gasteiger partial charge is 0.446 e. The Morgan fingerprint density at radius 2 is 1.89 bits per heavy atom. The SMILES string of the molecule is CNC(=O)[C-](C)NC.[Ru+]. The molecule has 4 heteroatoms. The summed E-state index contributed by atoms with van der Waals surface area (Å²) < 4.78 is 0. The number of carbonyl (C=O) groups is 1. The number of rotatable bonds is 2. The molecule has 0 aromatic rings. The van der Waals surface area contributed by atoms with Crippen molar-refractivity contribution in [1.82, 2.24) is 10.6 Å². The van der Waals surface area contributed by atoms with E-state index in [1.165, 1.54) is 0 Å². The molecule has 9 heavy (non-hydrogen) atoms. The van der Waals surface area contributed by atoms with Crippen LogP contribution in [-0.2, 0) is 24.3 Å². The zero-order valence-corrected chi connectivity index (χ0v) is 7.50. The molecule has 0 rings (SSSR count). The minimum Gasteiger partial charge on any atom is -0.446 e. The zero-order valence-electron chi connectivity index (χ0n) is 5.76. The predicted molar refractivity (Wildman–Crippen MR) is 32.0 cm³/mol. The van der Waals surface area contributed by atoms with Gasteiger partial charge in [0.05, 0.1) is 5.91 Å². The Morgan fingerprint density at radius 1 is 1.44 bits per heavy atom.